The summed E-state index contributed by atoms with van der Waals surface area (Å²) >= 11 is 7.87. The van der Waals surface area contributed by atoms with Crippen LogP contribution in [0.25, 0.3) is 6.08 Å². The predicted octanol–water partition coefficient (Wildman–Crippen LogP) is 6.27. The van der Waals surface area contributed by atoms with Crippen molar-refractivity contribution in [2.24, 2.45) is 0 Å². The molecule has 0 spiro atoms. The molecule has 0 saturated heterocycles. The van der Waals surface area contributed by atoms with Crippen LogP contribution in [0.15, 0.2) is 17.7 Å². The summed E-state index contributed by atoms with van der Waals surface area (Å²) in [6, 6.07) is 7.50. The van der Waals surface area contributed by atoms with E-state index in [9.17, 15) is 15.3 Å². The predicted molar refractivity (Wildman–Crippen MR) is 131 cm³/mol. The standard InChI is InChI=1S/C25H26ClN3O3S/c1-4-15(3)32-23-20(26)11-16(12-21(23)31-5-2)10-17(13-27)24(30)29-25-19(14-28)18-8-6-7-9-22(18)33-25/h10-12,15H,4-9H2,1-3H3,(H,29,30)/b17-10+/t15-/m0/s1. The van der Waals surface area contributed by atoms with Gasteiger partial charge < -0.3 is 14.8 Å². The van der Waals surface area contributed by atoms with Crippen LogP contribution < -0.4 is 14.8 Å². The van der Waals surface area contributed by atoms with Crippen molar-refractivity contribution in [3.63, 3.8) is 0 Å². The van der Waals surface area contributed by atoms with E-state index in [2.05, 4.69) is 11.4 Å². The molecule has 0 bridgehead atoms. The minimum absolute atomic E-state index is 0.0468. The van der Waals surface area contributed by atoms with E-state index in [1.165, 1.54) is 17.4 Å². The molecule has 1 aliphatic rings. The minimum Gasteiger partial charge on any atom is -0.490 e. The molecule has 0 aliphatic heterocycles. The molecule has 8 heteroatoms. The number of carbonyl (C=O) groups is 1. The Bertz CT molecular complexity index is 1160. The first-order chi connectivity index (χ1) is 15.9. The van der Waals surface area contributed by atoms with Gasteiger partial charge in [-0.15, -0.1) is 11.3 Å². The maximum atomic E-state index is 12.9. The molecule has 172 valence electrons. The molecule has 1 N–H and O–H groups in total. The molecule has 1 aliphatic carbocycles. The number of nitrogens with zero attached hydrogens (tertiary/aromatic N) is 2. The molecular weight excluding hydrogens is 458 g/mol. The summed E-state index contributed by atoms with van der Waals surface area (Å²) in [6.45, 7) is 6.21. The molecule has 1 amide bonds. The number of aryl methyl sites for hydroxylation is 1. The van der Waals surface area contributed by atoms with Gasteiger partial charge in [0.15, 0.2) is 11.5 Å². The molecule has 33 heavy (non-hydrogen) atoms. The average Bonchev–Trinajstić information content (AvgIpc) is 3.16. The van der Waals surface area contributed by atoms with Crippen LogP contribution in [0.2, 0.25) is 5.02 Å². The molecule has 3 rings (SSSR count). The fraction of sp³-hybridized carbons (Fsp3) is 0.400. The van der Waals surface area contributed by atoms with Crippen molar-refractivity contribution in [1.29, 1.82) is 10.5 Å². The average molecular weight is 484 g/mol. The van der Waals surface area contributed by atoms with Gasteiger partial charge in [-0.3, -0.25) is 4.79 Å². The third kappa shape index (κ3) is 5.68. The van der Waals surface area contributed by atoms with E-state index in [1.807, 2.05) is 26.8 Å². The first-order valence-corrected chi connectivity index (χ1v) is 12.2. The Morgan fingerprint density at radius 3 is 2.73 bits per heavy atom. The van der Waals surface area contributed by atoms with Crippen LogP contribution in [-0.4, -0.2) is 18.6 Å². The Hall–Kier alpha value is -3.00. The number of fused-ring (bicyclic) bond motifs is 1. The topological polar surface area (TPSA) is 95.1 Å². The van der Waals surface area contributed by atoms with Crippen molar-refractivity contribution in [3.05, 3.63) is 44.3 Å². The second-order valence-corrected chi connectivity index (χ2v) is 9.26. The van der Waals surface area contributed by atoms with E-state index in [0.29, 0.717) is 39.3 Å². The second kappa shape index (κ2) is 11.2. The number of halogens is 1. The van der Waals surface area contributed by atoms with Gasteiger partial charge in [-0.1, -0.05) is 18.5 Å². The smallest absolute Gasteiger partial charge is 0.266 e. The lowest BCUT2D eigenvalue weighted by atomic mass is 9.96. The highest BCUT2D eigenvalue weighted by Gasteiger charge is 2.23. The van der Waals surface area contributed by atoms with Crippen molar-refractivity contribution in [2.45, 2.75) is 59.0 Å². The van der Waals surface area contributed by atoms with Gasteiger partial charge in [0, 0.05) is 4.88 Å². The van der Waals surface area contributed by atoms with E-state index < -0.39 is 5.91 Å². The number of benzene rings is 1. The molecule has 1 aromatic carbocycles. The summed E-state index contributed by atoms with van der Waals surface area (Å²) in [6.07, 6.45) is 6.08. The second-order valence-electron chi connectivity index (χ2n) is 7.75. The maximum absolute atomic E-state index is 12.9. The fourth-order valence-corrected chi connectivity index (χ4v) is 5.09. The third-order valence-electron chi connectivity index (χ3n) is 5.41. The van der Waals surface area contributed by atoms with E-state index in [-0.39, 0.29) is 11.7 Å². The van der Waals surface area contributed by atoms with Crippen LogP contribution in [0.5, 0.6) is 11.5 Å². The van der Waals surface area contributed by atoms with Gasteiger partial charge in [-0.05, 0) is 75.3 Å². The Balaban J connectivity index is 1.90. The monoisotopic (exact) mass is 483 g/mol. The van der Waals surface area contributed by atoms with E-state index in [4.69, 9.17) is 21.1 Å². The van der Waals surface area contributed by atoms with Crippen molar-refractivity contribution in [1.82, 2.24) is 0 Å². The fourth-order valence-electron chi connectivity index (χ4n) is 3.59. The number of hydrogen-bond acceptors (Lipinski definition) is 6. The van der Waals surface area contributed by atoms with Crippen LogP contribution >= 0.6 is 22.9 Å². The SMILES string of the molecule is CCOc1cc(/C=C(\C#N)C(=O)Nc2sc3c(c2C#N)CCCC3)cc(Cl)c1O[C@@H](C)CC. The van der Waals surface area contributed by atoms with E-state index in [1.54, 1.807) is 12.1 Å². The maximum Gasteiger partial charge on any atom is 0.266 e. The number of ether oxygens (including phenoxy) is 2. The molecule has 0 saturated carbocycles. The number of amides is 1. The molecule has 1 atom stereocenters. The van der Waals surface area contributed by atoms with Gasteiger partial charge >= 0.3 is 0 Å². The lowest BCUT2D eigenvalue weighted by Gasteiger charge is -2.18. The van der Waals surface area contributed by atoms with E-state index in [0.717, 1.165) is 42.5 Å². The first kappa shape index (κ1) is 24.6. The van der Waals surface area contributed by atoms with Gasteiger partial charge in [-0.25, -0.2) is 0 Å². The molecule has 1 heterocycles. The van der Waals surface area contributed by atoms with Crippen molar-refractivity contribution >= 4 is 39.9 Å². The zero-order valence-electron chi connectivity index (χ0n) is 19.0. The largest absolute Gasteiger partial charge is 0.490 e. The van der Waals surface area contributed by atoms with Gasteiger partial charge in [0.25, 0.3) is 5.91 Å². The van der Waals surface area contributed by atoms with Crippen LogP contribution in [0.1, 0.15) is 61.6 Å². The highest BCUT2D eigenvalue weighted by Crippen LogP contribution is 2.39. The highest BCUT2D eigenvalue weighted by molar-refractivity contribution is 7.16. The summed E-state index contributed by atoms with van der Waals surface area (Å²) in [7, 11) is 0. The zero-order valence-corrected chi connectivity index (χ0v) is 20.5. The Kier molecular flexibility index (Phi) is 8.38. The molecule has 0 radical (unpaired) electrons. The number of hydrogen-bond donors (Lipinski definition) is 1. The van der Waals surface area contributed by atoms with Crippen molar-refractivity contribution < 1.29 is 14.3 Å². The number of carbonyl (C=O) groups excluding carboxylic acids is 1. The minimum atomic E-state index is -0.568. The van der Waals surface area contributed by atoms with Gasteiger partial charge in [0.2, 0.25) is 0 Å². The molecule has 0 fully saturated rings. The van der Waals surface area contributed by atoms with Crippen LogP contribution in [-0.2, 0) is 17.6 Å². The normalized spacial score (nSPS) is 13.9. The molecular formula is C25H26ClN3O3S. The molecule has 0 unspecified atom stereocenters. The van der Waals surface area contributed by atoms with Crippen LogP contribution in [0.4, 0.5) is 5.00 Å². The summed E-state index contributed by atoms with van der Waals surface area (Å²) in [5.41, 5.74) is 1.97. The van der Waals surface area contributed by atoms with E-state index >= 15 is 0 Å². The lowest BCUT2D eigenvalue weighted by molar-refractivity contribution is -0.112. The summed E-state index contributed by atoms with van der Waals surface area (Å²) < 4.78 is 11.6. The number of anilines is 1. The summed E-state index contributed by atoms with van der Waals surface area (Å²) in [5, 5.41) is 22.9. The van der Waals surface area contributed by atoms with Crippen LogP contribution in [0.3, 0.4) is 0 Å². The Labute approximate surface area is 203 Å². The Morgan fingerprint density at radius 1 is 1.30 bits per heavy atom. The van der Waals surface area contributed by atoms with Gasteiger partial charge in [-0.2, -0.15) is 10.5 Å². The third-order valence-corrected chi connectivity index (χ3v) is 6.90. The summed E-state index contributed by atoms with van der Waals surface area (Å²) in [5.74, 6) is 0.323. The molecule has 6 nitrogen and oxygen atoms in total. The van der Waals surface area contributed by atoms with Crippen molar-refractivity contribution in [3.8, 4) is 23.6 Å². The number of thiophene rings is 1. The first-order valence-electron chi connectivity index (χ1n) is 11.0. The molecule has 1 aromatic heterocycles. The quantitative estimate of drug-likeness (QED) is 0.352. The highest BCUT2D eigenvalue weighted by atomic mass is 35.5. The zero-order chi connectivity index (χ0) is 24.0. The molecule has 2 aromatic rings. The number of rotatable bonds is 8. The Morgan fingerprint density at radius 2 is 2.06 bits per heavy atom. The summed E-state index contributed by atoms with van der Waals surface area (Å²) in [4.78, 5) is 14.0. The number of nitriles is 2. The number of nitrogens with one attached hydrogen (secondary N) is 1. The van der Waals surface area contributed by atoms with Crippen molar-refractivity contribution in [2.75, 3.05) is 11.9 Å². The van der Waals surface area contributed by atoms with Crippen LogP contribution in [0, 0.1) is 22.7 Å². The van der Waals surface area contributed by atoms with Gasteiger partial charge in [0.1, 0.15) is 22.7 Å². The lowest BCUT2D eigenvalue weighted by Crippen LogP contribution is -2.13. The van der Waals surface area contributed by atoms with Gasteiger partial charge in [0.05, 0.1) is 23.3 Å².